The molecule has 2 N–H and O–H groups in total. The number of aromatic nitrogens is 1. The van der Waals surface area contributed by atoms with E-state index >= 15 is 0 Å². The van der Waals surface area contributed by atoms with Gasteiger partial charge in [0.05, 0.1) is 6.20 Å². The van der Waals surface area contributed by atoms with Gasteiger partial charge in [0, 0.05) is 18.3 Å². The Balaban J connectivity index is 2.33. The van der Waals surface area contributed by atoms with Crippen LogP contribution in [0.1, 0.15) is 57.2 Å². The number of likely N-dealkylation sites (tertiary alicyclic amines) is 1. The molecule has 6 nitrogen and oxygen atoms in total. The van der Waals surface area contributed by atoms with Crippen LogP contribution in [-0.4, -0.2) is 38.7 Å². The number of aromatic hydroxyl groups is 1. The highest BCUT2D eigenvalue weighted by atomic mass is 16.4. The number of hydrogen-bond acceptors (Lipinski definition) is 4. The minimum absolute atomic E-state index is 0.396. The molecular formula is C17H26N2O4. The average Bonchev–Trinajstić information content (AvgIpc) is 2.77. The molecule has 0 bridgehead atoms. The third kappa shape index (κ3) is 4.58. The molecule has 0 aliphatic carbocycles. The van der Waals surface area contributed by atoms with E-state index < -0.39 is 23.2 Å². The van der Waals surface area contributed by atoms with Crippen LogP contribution < -0.4 is 5.43 Å². The van der Waals surface area contributed by atoms with Crippen LogP contribution in [0.2, 0.25) is 0 Å². The van der Waals surface area contributed by atoms with Crippen molar-refractivity contribution in [2.75, 3.05) is 13.1 Å². The minimum Gasteiger partial charge on any atom is -0.503 e. The second-order valence-corrected chi connectivity index (χ2v) is 6.25. The maximum atomic E-state index is 11.8. The maximum absolute atomic E-state index is 11.8. The third-order valence-corrected chi connectivity index (χ3v) is 4.41. The molecule has 1 aromatic heterocycles. The van der Waals surface area contributed by atoms with E-state index in [1.165, 1.54) is 25.1 Å². The van der Waals surface area contributed by atoms with Crippen molar-refractivity contribution in [3.8, 4) is 5.75 Å². The standard InChI is InChI=1S/C17H26N2O4/c1-2-7-14(17(22)23)19-12-16(21)15(20)10-13(19)11-18-8-5-3-4-6-9-18/h10,12,14,21H,2-9,11H2,1H3,(H,22,23). The topological polar surface area (TPSA) is 82.8 Å². The summed E-state index contributed by atoms with van der Waals surface area (Å²) in [5.41, 5.74) is 0.210. The number of carbonyl (C=O) groups is 1. The van der Waals surface area contributed by atoms with E-state index in [0.29, 0.717) is 25.1 Å². The molecule has 1 fully saturated rings. The molecule has 1 aromatic rings. The van der Waals surface area contributed by atoms with Gasteiger partial charge in [-0.25, -0.2) is 4.79 Å². The molecule has 0 radical (unpaired) electrons. The summed E-state index contributed by atoms with van der Waals surface area (Å²) < 4.78 is 1.56. The van der Waals surface area contributed by atoms with Gasteiger partial charge in [-0.3, -0.25) is 9.69 Å². The largest absolute Gasteiger partial charge is 0.503 e. The Labute approximate surface area is 136 Å². The molecule has 1 unspecified atom stereocenters. The fourth-order valence-corrected chi connectivity index (χ4v) is 3.17. The number of hydrogen-bond donors (Lipinski definition) is 2. The fraction of sp³-hybridized carbons (Fsp3) is 0.647. The molecule has 1 saturated heterocycles. The molecular weight excluding hydrogens is 296 g/mol. The zero-order valence-electron chi connectivity index (χ0n) is 13.7. The van der Waals surface area contributed by atoms with Crippen molar-refractivity contribution >= 4 is 5.97 Å². The third-order valence-electron chi connectivity index (χ3n) is 4.41. The van der Waals surface area contributed by atoms with Gasteiger partial charge in [-0.15, -0.1) is 0 Å². The van der Waals surface area contributed by atoms with E-state index in [-0.39, 0.29) is 0 Å². The van der Waals surface area contributed by atoms with Crippen LogP contribution in [0, 0.1) is 0 Å². The van der Waals surface area contributed by atoms with Crippen LogP contribution in [0.25, 0.3) is 0 Å². The Morgan fingerprint density at radius 2 is 1.91 bits per heavy atom. The van der Waals surface area contributed by atoms with E-state index in [2.05, 4.69) is 4.90 Å². The molecule has 0 aromatic carbocycles. The van der Waals surface area contributed by atoms with Gasteiger partial charge < -0.3 is 14.8 Å². The summed E-state index contributed by atoms with van der Waals surface area (Å²) in [7, 11) is 0. The predicted molar refractivity (Wildman–Crippen MR) is 87.7 cm³/mol. The summed E-state index contributed by atoms with van der Waals surface area (Å²) >= 11 is 0. The monoisotopic (exact) mass is 322 g/mol. The van der Waals surface area contributed by atoms with Crippen molar-refractivity contribution in [2.24, 2.45) is 0 Å². The van der Waals surface area contributed by atoms with Gasteiger partial charge in [-0.05, 0) is 32.4 Å². The first-order valence-electron chi connectivity index (χ1n) is 8.42. The molecule has 2 rings (SSSR count). The van der Waals surface area contributed by atoms with Crippen molar-refractivity contribution in [1.29, 1.82) is 0 Å². The molecule has 0 amide bonds. The van der Waals surface area contributed by atoms with Gasteiger partial charge in [0.1, 0.15) is 6.04 Å². The summed E-state index contributed by atoms with van der Waals surface area (Å²) in [6.07, 6.45) is 7.14. The molecule has 1 aliphatic heterocycles. The fourth-order valence-electron chi connectivity index (χ4n) is 3.17. The zero-order valence-corrected chi connectivity index (χ0v) is 13.7. The zero-order chi connectivity index (χ0) is 16.8. The first kappa shape index (κ1) is 17.5. The van der Waals surface area contributed by atoms with Crippen LogP contribution in [0.4, 0.5) is 0 Å². The Kier molecular flexibility index (Phi) is 6.21. The lowest BCUT2D eigenvalue weighted by Gasteiger charge is -2.25. The lowest BCUT2D eigenvalue weighted by Crippen LogP contribution is -2.30. The number of carboxylic acid groups (broad SMARTS) is 1. The highest BCUT2D eigenvalue weighted by Gasteiger charge is 2.22. The van der Waals surface area contributed by atoms with Crippen molar-refractivity contribution < 1.29 is 15.0 Å². The quantitative estimate of drug-likeness (QED) is 0.840. The number of carboxylic acids is 1. The van der Waals surface area contributed by atoms with Crippen LogP contribution in [-0.2, 0) is 11.3 Å². The highest BCUT2D eigenvalue weighted by molar-refractivity contribution is 5.72. The number of nitrogens with zero attached hydrogens (tertiary/aromatic N) is 2. The molecule has 23 heavy (non-hydrogen) atoms. The van der Waals surface area contributed by atoms with Gasteiger partial charge in [-0.1, -0.05) is 26.2 Å². The van der Waals surface area contributed by atoms with E-state index in [4.69, 9.17) is 0 Å². The van der Waals surface area contributed by atoms with Gasteiger partial charge in [0.15, 0.2) is 5.75 Å². The Hall–Kier alpha value is -1.82. The molecule has 128 valence electrons. The van der Waals surface area contributed by atoms with Crippen LogP contribution in [0.15, 0.2) is 17.1 Å². The van der Waals surface area contributed by atoms with E-state index in [0.717, 1.165) is 25.9 Å². The average molecular weight is 322 g/mol. The Bertz CT molecular complexity index is 589. The molecule has 0 saturated carbocycles. The molecule has 0 spiro atoms. The Morgan fingerprint density at radius 1 is 1.26 bits per heavy atom. The summed E-state index contributed by atoms with van der Waals surface area (Å²) in [5.74, 6) is -1.33. The molecule has 2 heterocycles. The Morgan fingerprint density at radius 3 is 2.48 bits per heavy atom. The smallest absolute Gasteiger partial charge is 0.326 e. The second-order valence-electron chi connectivity index (χ2n) is 6.25. The normalized spacial score (nSPS) is 17.6. The lowest BCUT2D eigenvalue weighted by atomic mass is 10.1. The second kappa shape index (κ2) is 8.15. The molecule has 1 aliphatic rings. The van der Waals surface area contributed by atoms with E-state index in [1.54, 1.807) is 4.57 Å². The lowest BCUT2D eigenvalue weighted by molar-refractivity contribution is -0.141. The number of pyridine rings is 1. The van der Waals surface area contributed by atoms with E-state index in [1.807, 2.05) is 6.92 Å². The first-order valence-corrected chi connectivity index (χ1v) is 8.42. The van der Waals surface area contributed by atoms with E-state index in [9.17, 15) is 19.8 Å². The highest BCUT2D eigenvalue weighted by Crippen LogP contribution is 2.21. The van der Waals surface area contributed by atoms with Gasteiger partial charge in [0.25, 0.3) is 0 Å². The molecule has 6 heteroatoms. The number of aliphatic carboxylic acids is 1. The van der Waals surface area contributed by atoms with Crippen LogP contribution in [0.3, 0.4) is 0 Å². The van der Waals surface area contributed by atoms with Crippen molar-refractivity contribution in [1.82, 2.24) is 9.47 Å². The predicted octanol–water partition coefficient (Wildman–Crippen LogP) is 2.36. The maximum Gasteiger partial charge on any atom is 0.326 e. The summed E-state index contributed by atoms with van der Waals surface area (Å²) in [6, 6.07) is 0.625. The minimum atomic E-state index is -0.938. The van der Waals surface area contributed by atoms with Crippen molar-refractivity contribution in [2.45, 2.75) is 58.0 Å². The van der Waals surface area contributed by atoms with Gasteiger partial charge in [-0.2, -0.15) is 0 Å². The number of rotatable bonds is 6. The summed E-state index contributed by atoms with van der Waals surface area (Å²) in [6.45, 7) is 4.39. The summed E-state index contributed by atoms with van der Waals surface area (Å²) in [5, 5.41) is 19.2. The van der Waals surface area contributed by atoms with Crippen molar-refractivity contribution in [3.05, 3.63) is 28.2 Å². The van der Waals surface area contributed by atoms with Gasteiger partial charge >= 0.3 is 5.97 Å². The van der Waals surface area contributed by atoms with Gasteiger partial charge in [0.2, 0.25) is 5.43 Å². The molecule has 1 atom stereocenters. The van der Waals surface area contributed by atoms with Crippen molar-refractivity contribution in [3.63, 3.8) is 0 Å². The SMILES string of the molecule is CCCC(C(=O)O)n1cc(O)c(=O)cc1CN1CCCCCC1. The first-order chi connectivity index (χ1) is 11.0. The summed E-state index contributed by atoms with van der Waals surface area (Å²) in [4.78, 5) is 25.7. The van der Waals surface area contributed by atoms with Crippen LogP contribution in [0.5, 0.6) is 5.75 Å². The van der Waals surface area contributed by atoms with Crippen LogP contribution >= 0.6 is 0 Å².